The zero-order valence-corrected chi connectivity index (χ0v) is 27.4. The van der Waals surface area contributed by atoms with E-state index in [2.05, 4.69) is 24.8 Å². The number of fused-ring (bicyclic) bond motifs is 1. The van der Waals surface area contributed by atoms with E-state index in [0.29, 0.717) is 29.0 Å². The second-order valence-electron chi connectivity index (χ2n) is 12.3. The first-order valence-electron chi connectivity index (χ1n) is 16.0. The molecule has 2 heterocycles. The van der Waals surface area contributed by atoms with Crippen molar-refractivity contribution in [3.05, 3.63) is 113 Å². The summed E-state index contributed by atoms with van der Waals surface area (Å²) in [6.45, 7) is 10.1. The zero-order chi connectivity index (χ0) is 32.2. The number of phenols is 1. The molecule has 1 aromatic heterocycles. The number of hydrogen-bond donors (Lipinski definition) is 1. The normalized spacial score (nSPS) is 14.9. The molecule has 1 aliphatic rings. The number of aromatic hydroxyl groups is 1. The first kappa shape index (κ1) is 31.5. The van der Waals surface area contributed by atoms with Crippen molar-refractivity contribution in [2.24, 2.45) is 5.92 Å². The SMILES string of the molecule is CCCc1cc(C)cc(C(=O)Oc2ccc(-c3sc4cc(O)ccc4c3C(=O)c3ccc(OCCN4CCC(C)C4)cc3)cc2)c1. The highest BCUT2D eigenvalue weighted by Gasteiger charge is 2.23. The van der Waals surface area contributed by atoms with Gasteiger partial charge >= 0.3 is 5.97 Å². The Bertz CT molecular complexity index is 1860. The number of thiophene rings is 1. The van der Waals surface area contributed by atoms with Crippen LogP contribution in [0.15, 0.2) is 84.9 Å². The number of ether oxygens (including phenoxy) is 2. The molecule has 0 bridgehead atoms. The van der Waals surface area contributed by atoms with Crippen molar-refractivity contribution < 1.29 is 24.2 Å². The standard InChI is InChI=1S/C39H39NO5S/c1-4-5-27-20-26(3)21-30(22-27)39(43)45-33-13-8-29(9-14-33)38-36(34-15-10-31(41)23-35(34)46-38)37(42)28-6-11-32(12-7-28)44-19-18-40-17-16-25(2)24-40/h6-15,20-23,25,41H,4-5,16-19,24H2,1-3H3. The van der Waals surface area contributed by atoms with Gasteiger partial charge in [-0.3, -0.25) is 9.69 Å². The van der Waals surface area contributed by atoms with Gasteiger partial charge < -0.3 is 14.6 Å². The molecule has 6 rings (SSSR count). The van der Waals surface area contributed by atoms with Crippen molar-refractivity contribution >= 4 is 33.2 Å². The number of carbonyl (C=O) groups excluding carboxylic acids is 2. The fourth-order valence-electron chi connectivity index (χ4n) is 6.14. The highest BCUT2D eigenvalue weighted by atomic mass is 32.1. The number of benzene rings is 4. The third-order valence-corrected chi connectivity index (χ3v) is 9.64. The maximum absolute atomic E-state index is 14.0. The molecule has 236 valence electrons. The van der Waals surface area contributed by atoms with E-state index in [4.69, 9.17) is 9.47 Å². The van der Waals surface area contributed by atoms with E-state index in [1.165, 1.54) is 17.8 Å². The molecule has 46 heavy (non-hydrogen) atoms. The van der Waals surface area contributed by atoms with Crippen LogP contribution in [-0.2, 0) is 6.42 Å². The molecule has 0 spiro atoms. The highest BCUT2D eigenvalue weighted by molar-refractivity contribution is 7.22. The summed E-state index contributed by atoms with van der Waals surface area (Å²) >= 11 is 1.45. The summed E-state index contributed by atoms with van der Waals surface area (Å²) in [6, 6.07) is 25.5. The molecule has 0 aliphatic carbocycles. The van der Waals surface area contributed by atoms with Crippen LogP contribution in [0.3, 0.4) is 0 Å². The number of nitrogens with zero attached hydrogens (tertiary/aromatic N) is 1. The van der Waals surface area contributed by atoms with Gasteiger partial charge in [0.2, 0.25) is 0 Å². The quantitative estimate of drug-likeness (QED) is 0.0891. The fraction of sp³-hybridized carbons (Fsp3) is 0.282. The number of phenolic OH excluding ortho intramolecular Hbond substituents is 1. The molecule has 0 radical (unpaired) electrons. The van der Waals surface area contributed by atoms with E-state index in [-0.39, 0.29) is 11.5 Å². The Labute approximate surface area is 274 Å². The summed E-state index contributed by atoms with van der Waals surface area (Å²) in [5.41, 5.74) is 4.62. The minimum atomic E-state index is -0.403. The van der Waals surface area contributed by atoms with Gasteiger partial charge in [0.25, 0.3) is 0 Å². The van der Waals surface area contributed by atoms with E-state index in [1.54, 1.807) is 30.3 Å². The molecule has 7 heteroatoms. The van der Waals surface area contributed by atoms with Crippen molar-refractivity contribution in [1.29, 1.82) is 0 Å². The Hall–Kier alpha value is -4.46. The second kappa shape index (κ2) is 13.9. The molecule has 1 aliphatic heterocycles. The molecule has 0 saturated carbocycles. The molecular formula is C39H39NO5S. The number of esters is 1. The van der Waals surface area contributed by atoms with Crippen LogP contribution in [0.5, 0.6) is 17.2 Å². The Balaban J connectivity index is 1.21. The minimum Gasteiger partial charge on any atom is -0.508 e. The first-order chi connectivity index (χ1) is 22.3. The van der Waals surface area contributed by atoms with Crippen LogP contribution < -0.4 is 9.47 Å². The summed E-state index contributed by atoms with van der Waals surface area (Å²) in [7, 11) is 0. The average Bonchev–Trinajstić information content (AvgIpc) is 3.64. The highest BCUT2D eigenvalue weighted by Crippen LogP contribution is 2.41. The maximum Gasteiger partial charge on any atom is 0.343 e. The monoisotopic (exact) mass is 633 g/mol. The number of hydrogen-bond acceptors (Lipinski definition) is 7. The molecule has 1 unspecified atom stereocenters. The van der Waals surface area contributed by atoms with Crippen molar-refractivity contribution in [2.75, 3.05) is 26.2 Å². The van der Waals surface area contributed by atoms with Crippen LogP contribution in [0, 0.1) is 12.8 Å². The van der Waals surface area contributed by atoms with Crippen molar-refractivity contribution in [1.82, 2.24) is 4.90 Å². The minimum absolute atomic E-state index is 0.109. The lowest BCUT2D eigenvalue weighted by Gasteiger charge is -2.15. The van der Waals surface area contributed by atoms with E-state index in [1.807, 2.05) is 55.5 Å². The Morgan fingerprint density at radius 1 is 0.935 bits per heavy atom. The fourth-order valence-corrected chi connectivity index (χ4v) is 7.37. The summed E-state index contributed by atoms with van der Waals surface area (Å²) < 4.78 is 12.5. The van der Waals surface area contributed by atoms with Crippen LogP contribution in [0.1, 0.15) is 64.1 Å². The summed E-state index contributed by atoms with van der Waals surface area (Å²) in [5.74, 6) is 1.54. The Kier molecular flexibility index (Phi) is 9.52. The lowest BCUT2D eigenvalue weighted by molar-refractivity contribution is 0.0734. The molecule has 1 saturated heterocycles. The third-order valence-electron chi connectivity index (χ3n) is 8.44. The molecule has 6 nitrogen and oxygen atoms in total. The smallest absolute Gasteiger partial charge is 0.343 e. The number of carbonyl (C=O) groups is 2. The molecule has 5 aromatic rings. The zero-order valence-electron chi connectivity index (χ0n) is 26.5. The Morgan fingerprint density at radius 3 is 2.41 bits per heavy atom. The van der Waals surface area contributed by atoms with Crippen LogP contribution in [0.4, 0.5) is 0 Å². The molecule has 1 atom stereocenters. The molecular weight excluding hydrogens is 594 g/mol. The lowest BCUT2D eigenvalue weighted by Crippen LogP contribution is -2.25. The first-order valence-corrected chi connectivity index (χ1v) is 16.8. The number of ketones is 1. The molecule has 1 N–H and O–H groups in total. The maximum atomic E-state index is 14.0. The van der Waals surface area contributed by atoms with Gasteiger partial charge in [0.15, 0.2) is 5.78 Å². The largest absolute Gasteiger partial charge is 0.508 e. The summed E-state index contributed by atoms with van der Waals surface area (Å²) in [5, 5.41) is 11.0. The summed E-state index contributed by atoms with van der Waals surface area (Å²) in [6.07, 6.45) is 3.14. The van der Waals surface area contributed by atoms with Crippen LogP contribution in [-0.4, -0.2) is 48.0 Å². The second-order valence-corrected chi connectivity index (χ2v) is 13.3. The van der Waals surface area contributed by atoms with E-state index in [9.17, 15) is 14.7 Å². The van der Waals surface area contributed by atoms with Gasteiger partial charge in [0.1, 0.15) is 23.9 Å². The van der Waals surface area contributed by atoms with E-state index in [0.717, 1.165) is 75.8 Å². The van der Waals surface area contributed by atoms with Gasteiger partial charge in [-0.25, -0.2) is 4.79 Å². The van der Waals surface area contributed by atoms with Gasteiger partial charge in [-0.05, 0) is 122 Å². The molecule has 4 aromatic carbocycles. The predicted octanol–water partition coefficient (Wildman–Crippen LogP) is 8.71. The van der Waals surface area contributed by atoms with Crippen LogP contribution >= 0.6 is 11.3 Å². The number of rotatable bonds is 11. The van der Waals surface area contributed by atoms with Gasteiger partial charge in [-0.1, -0.05) is 31.9 Å². The van der Waals surface area contributed by atoms with Gasteiger partial charge in [0, 0.05) is 39.2 Å². The number of likely N-dealkylation sites (tertiary alicyclic amines) is 1. The van der Waals surface area contributed by atoms with E-state index >= 15 is 0 Å². The number of aryl methyl sites for hydroxylation is 2. The lowest BCUT2D eigenvalue weighted by atomic mass is 9.97. The molecule has 1 fully saturated rings. The van der Waals surface area contributed by atoms with Gasteiger partial charge in [0.05, 0.1) is 5.56 Å². The predicted molar refractivity (Wildman–Crippen MR) is 185 cm³/mol. The van der Waals surface area contributed by atoms with E-state index < -0.39 is 5.97 Å². The summed E-state index contributed by atoms with van der Waals surface area (Å²) in [4.78, 5) is 30.2. The average molecular weight is 634 g/mol. The van der Waals surface area contributed by atoms with Crippen LogP contribution in [0.2, 0.25) is 0 Å². The van der Waals surface area contributed by atoms with Gasteiger partial charge in [-0.2, -0.15) is 0 Å². The van der Waals surface area contributed by atoms with Crippen LogP contribution in [0.25, 0.3) is 20.5 Å². The Morgan fingerprint density at radius 2 is 1.70 bits per heavy atom. The molecule has 0 amide bonds. The van der Waals surface area contributed by atoms with Gasteiger partial charge in [-0.15, -0.1) is 11.3 Å². The van der Waals surface area contributed by atoms with Crippen molar-refractivity contribution in [2.45, 2.75) is 40.0 Å². The van der Waals surface area contributed by atoms with Crippen molar-refractivity contribution in [3.8, 4) is 27.7 Å². The third kappa shape index (κ3) is 7.16. The topological polar surface area (TPSA) is 76.1 Å². The van der Waals surface area contributed by atoms with Crippen molar-refractivity contribution in [3.63, 3.8) is 0 Å².